The average molecular weight is 678 g/mol. The van der Waals surface area contributed by atoms with Crippen LogP contribution in [0.3, 0.4) is 0 Å². The van der Waals surface area contributed by atoms with E-state index in [0.29, 0.717) is 5.76 Å². The molecule has 4 aliphatic rings. The van der Waals surface area contributed by atoms with Gasteiger partial charge in [0.1, 0.15) is 18.0 Å². The maximum absolute atomic E-state index is 14.9. The highest BCUT2D eigenvalue weighted by Crippen LogP contribution is 2.49. The van der Waals surface area contributed by atoms with E-state index in [0.717, 1.165) is 4.57 Å². The molecule has 7 atom stereocenters. The van der Waals surface area contributed by atoms with Gasteiger partial charge in [0.05, 0.1) is 4.43 Å². The highest BCUT2D eigenvalue weighted by atomic mass is 127. The Morgan fingerprint density at radius 3 is 1.93 bits per heavy atom. The Labute approximate surface area is 239 Å². The van der Waals surface area contributed by atoms with Crippen LogP contribution in [0.15, 0.2) is 56.0 Å². The molecule has 2 N–H and O–H groups in total. The van der Waals surface area contributed by atoms with Gasteiger partial charge in [0.15, 0.2) is 30.0 Å². The summed E-state index contributed by atoms with van der Waals surface area (Å²) in [6, 6.07) is 2.42. The number of nitrogens with one attached hydrogen (secondary N) is 2. The Hall–Kier alpha value is -2.64. The fourth-order valence-corrected chi connectivity index (χ4v) is 5.61. The summed E-state index contributed by atoms with van der Waals surface area (Å²) in [4.78, 5) is 50.2. The monoisotopic (exact) mass is 678 g/mol. The fraction of sp³-hybridized carbons (Fsp3) is 0.583. The highest BCUT2D eigenvalue weighted by Gasteiger charge is 2.64. The maximum atomic E-state index is 14.9. The van der Waals surface area contributed by atoms with E-state index < -0.39 is 76.8 Å². The number of aromatic amines is 2. The number of hydrogen-bond acceptors (Lipinski definition) is 10. The van der Waals surface area contributed by atoms with Crippen molar-refractivity contribution in [2.75, 3.05) is 4.43 Å². The van der Waals surface area contributed by atoms with Crippen LogP contribution in [-0.4, -0.2) is 65.4 Å². The van der Waals surface area contributed by atoms with Gasteiger partial charge in [-0.2, -0.15) is 0 Å². The molecule has 2 unspecified atom stereocenters. The van der Waals surface area contributed by atoms with Crippen LogP contribution in [0.5, 0.6) is 0 Å². The van der Waals surface area contributed by atoms with E-state index in [9.17, 15) is 23.6 Å². The topological polar surface area (TPSA) is 165 Å². The summed E-state index contributed by atoms with van der Waals surface area (Å²) in [5.41, 5.74) is -2.23. The molecule has 0 aliphatic carbocycles. The second-order valence-electron chi connectivity index (χ2n) is 10.5. The second-order valence-corrected chi connectivity index (χ2v) is 11.2. The van der Waals surface area contributed by atoms with Crippen LogP contribution in [0.2, 0.25) is 0 Å². The first-order valence-electron chi connectivity index (χ1n) is 12.3. The number of rotatable bonds is 3. The van der Waals surface area contributed by atoms with Gasteiger partial charge in [0, 0.05) is 24.5 Å². The number of nitrogens with zero attached hydrogens (tertiary/aromatic N) is 2. The molecule has 0 saturated carbocycles. The Balaban J connectivity index is 0.000000162. The number of aromatic nitrogens is 4. The van der Waals surface area contributed by atoms with Crippen LogP contribution in [0.25, 0.3) is 0 Å². The number of ether oxygens (including phenoxy) is 6. The molecule has 218 valence electrons. The first-order valence-corrected chi connectivity index (χ1v) is 13.8. The third-order valence-corrected chi connectivity index (χ3v) is 7.62. The van der Waals surface area contributed by atoms with Crippen molar-refractivity contribution in [1.29, 1.82) is 0 Å². The lowest BCUT2D eigenvalue weighted by molar-refractivity contribution is -0.246. The molecule has 2 aromatic rings. The molecule has 0 amide bonds. The first kappa shape index (κ1) is 28.9. The quantitative estimate of drug-likeness (QED) is 0.350. The predicted octanol–water partition coefficient (Wildman–Crippen LogP) is 0.786. The molecule has 4 saturated heterocycles. The number of hydrogen-bond donors (Lipinski definition) is 2. The average Bonchev–Trinajstić information content (AvgIpc) is 3.52. The molecule has 6 rings (SSSR count). The van der Waals surface area contributed by atoms with Crippen molar-refractivity contribution >= 4 is 22.6 Å². The molecule has 6 heterocycles. The van der Waals surface area contributed by atoms with E-state index in [4.69, 9.17) is 28.4 Å². The van der Waals surface area contributed by atoms with E-state index in [2.05, 4.69) is 16.5 Å². The van der Waals surface area contributed by atoms with Crippen LogP contribution >= 0.6 is 22.6 Å². The Kier molecular flexibility index (Phi) is 7.23. The van der Waals surface area contributed by atoms with Gasteiger partial charge in [-0.1, -0.05) is 29.2 Å². The highest BCUT2D eigenvalue weighted by molar-refractivity contribution is 14.1. The lowest BCUT2D eigenvalue weighted by Crippen LogP contribution is -2.40. The minimum Gasteiger partial charge on any atom is -0.469 e. The molecular weight excluding hydrogens is 650 g/mol. The summed E-state index contributed by atoms with van der Waals surface area (Å²) in [6.45, 7) is 10.7. The molecule has 14 nitrogen and oxygen atoms in total. The molecular formula is C24H28FIN4O10. The standard InChI is InChI=1S/C12H14FIN2O5.C12H14N2O5/c1-11(2)19-7-8(20-11)12(13,5-14)21-9(7)16-4-3-6(17)15-10(16)18;1-6-8-9(19-12(2,3)18-8)10(17-6)14-5-4-7(15)13-11(14)16/h3-4,7-9H,5H2,1-2H3,(H,15,17,18);4-5,8-10H,1H2,2-3H3,(H,13,15,16)/t7-,8?,9+,12+;8?,9-,10+/m00/s1. The lowest BCUT2D eigenvalue weighted by Gasteiger charge is -2.27. The fourth-order valence-electron chi connectivity index (χ4n) is 5.00. The third kappa shape index (κ3) is 5.23. The maximum Gasteiger partial charge on any atom is 0.331 e. The number of fused-ring (bicyclic) bond motifs is 2. The van der Waals surface area contributed by atoms with Crippen molar-refractivity contribution in [3.8, 4) is 0 Å². The van der Waals surface area contributed by atoms with E-state index in [-0.39, 0.29) is 4.43 Å². The summed E-state index contributed by atoms with van der Waals surface area (Å²) in [6.07, 6.45) is -1.65. The molecule has 4 fully saturated rings. The number of halogens is 2. The van der Waals surface area contributed by atoms with Crippen molar-refractivity contribution in [2.45, 2.75) is 82.0 Å². The Morgan fingerprint density at radius 1 is 0.850 bits per heavy atom. The molecule has 40 heavy (non-hydrogen) atoms. The minimum atomic E-state index is -2.06. The zero-order valence-electron chi connectivity index (χ0n) is 21.9. The second kappa shape index (κ2) is 10.0. The normalized spacial score (nSPS) is 35.0. The Bertz CT molecular complexity index is 1550. The van der Waals surface area contributed by atoms with E-state index >= 15 is 0 Å². The van der Waals surface area contributed by atoms with Gasteiger partial charge >= 0.3 is 11.4 Å². The molecule has 0 bridgehead atoms. The van der Waals surface area contributed by atoms with Crippen LogP contribution in [0, 0.1) is 0 Å². The van der Waals surface area contributed by atoms with Gasteiger partial charge in [0.25, 0.3) is 11.1 Å². The minimum absolute atomic E-state index is 0.0277. The van der Waals surface area contributed by atoms with E-state index in [1.165, 1.54) is 29.1 Å². The number of H-pyrrole nitrogens is 2. The van der Waals surface area contributed by atoms with Crippen LogP contribution in [-0.2, 0) is 28.4 Å². The van der Waals surface area contributed by atoms with Gasteiger partial charge < -0.3 is 28.4 Å². The summed E-state index contributed by atoms with van der Waals surface area (Å²) in [7, 11) is 0. The summed E-state index contributed by atoms with van der Waals surface area (Å²) < 4.78 is 50.8. The van der Waals surface area contributed by atoms with Gasteiger partial charge in [-0.25, -0.2) is 14.0 Å². The van der Waals surface area contributed by atoms with Crippen LogP contribution in [0.1, 0.15) is 40.2 Å². The van der Waals surface area contributed by atoms with Gasteiger partial charge in [0.2, 0.25) is 12.1 Å². The molecule has 4 aliphatic heterocycles. The van der Waals surface area contributed by atoms with Gasteiger partial charge in [-0.3, -0.25) is 28.7 Å². The molecule has 0 aromatic carbocycles. The van der Waals surface area contributed by atoms with Crippen molar-refractivity contribution < 1.29 is 32.8 Å². The molecule has 0 spiro atoms. The van der Waals surface area contributed by atoms with Crippen LogP contribution in [0.4, 0.5) is 4.39 Å². The Morgan fingerprint density at radius 2 is 1.38 bits per heavy atom. The summed E-state index contributed by atoms with van der Waals surface area (Å²) >= 11 is 1.86. The zero-order valence-corrected chi connectivity index (χ0v) is 24.1. The molecule has 0 radical (unpaired) electrons. The number of alkyl halides is 2. The largest absolute Gasteiger partial charge is 0.469 e. The predicted molar refractivity (Wildman–Crippen MR) is 142 cm³/mol. The van der Waals surface area contributed by atoms with Crippen molar-refractivity contribution in [3.63, 3.8) is 0 Å². The van der Waals surface area contributed by atoms with E-state index in [1.54, 1.807) is 27.7 Å². The first-order chi connectivity index (χ1) is 18.6. The van der Waals surface area contributed by atoms with Gasteiger partial charge in [-0.05, 0) is 27.7 Å². The van der Waals surface area contributed by atoms with Gasteiger partial charge in [-0.15, -0.1) is 0 Å². The van der Waals surface area contributed by atoms with Crippen LogP contribution < -0.4 is 22.5 Å². The van der Waals surface area contributed by atoms with E-state index in [1.807, 2.05) is 22.6 Å². The summed E-state index contributed by atoms with van der Waals surface area (Å²) in [5.74, 6) is -3.36. The smallest absolute Gasteiger partial charge is 0.331 e. The van der Waals surface area contributed by atoms with Crippen molar-refractivity contribution in [2.24, 2.45) is 0 Å². The lowest BCUT2D eigenvalue weighted by atomic mass is 10.1. The SMILES string of the molecule is C=C1O[C@@H](n2ccc(=O)[nH]c2=O)[C@H]2OC(C)(C)OC12.CC1(C)OC2[C@H](O1)[C@H](n1ccc(=O)[nH]c1=O)O[C@]2(F)CI. The van der Waals surface area contributed by atoms with Crippen molar-refractivity contribution in [3.05, 3.63) is 78.5 Å². The molecule has 2 aromatic heterocycles. The zero-order chi connectivity index (χ0) is 29.2. The van der Waals surface area contributed by atoms with Crippen molar-refractivity contribution in [1.82, 2.24) is 19.1 Å². The summed E-state index contributed by atoms with van der Waals surface area (Å²) in [5, 5.41) is 0. The third-order valence-electron chi connectivity index (χ3n) is 6.58. The molecule has 16 heteroatoms.